The molecule has 2 aliphatic rings. The van der Waals surface area contributed by atoms with Crippen molar-refractivity contribution in [2.24, 2.45) is 0 Å². The molecule has 39 valence electrons. The quantitative estimate of drug-likeness (QED) is 0.425. The molecule has 0 N–H and O–H groups in total. The maximum absolute atomic E-state index is 5.17. The zero-order valence-corrected chi connectivity index (χ0v) is 3.96. The van der Waals surface area contributed by atoms with Gasteiger partial charge in [-0.05, 0) is 0 Å². The van der Waals surface area contributed by atoms with Crippen LogP contribution in [-0.4, -0.2) is 25.4 Å². The molecule has 2 unspecified atom stereocenters. The van der Waals surface area contributed by atoms with Gasteiger partial charge in [-0.2, -0.15) is 0 Å². The lowest BCUT2D eigenvalue weighted by Gasteiger charge is -2.09. The second-order valence-corrected chi connectivity index (χ2v) is 1.86. The van der Waals surface area contributed by atoms with E-state index in [1.807, 2.05) is 0 Å². The average Bonchev–Trinajstić information content (AvgIpc) is 2.41. The Morgan fingerprint density at radius 1 is 1.14 bits per heavy atom. The summed E-state index contributed by atoms with van der Waals surface area (Å²) in [6, 6.07) is 0. The molecule has 1 saturated heterocycles. The van der Waals surface area contributed by atoms with E-state index < -0.39 is 0 Å². The second-order valence-electron chi connectivity index (χ2n) is 1.86. The predicted octanol–water partition coefficient (Wildman–Crippen LogP) is -0.0117. The smallest absolute Gasteiger partial charge is 0.0900 e. The van der Waals surface area contributed by atoms with Gasteiger partial charge in [0.25, 0.3) is 0 Å². The number of ether oxygens (including phenoxy) is 2. The summed E-state index contributed by atoms with van der Waals surface area (Å²) in [6.45, 7) is 1.55. The fourth-order valence-corrected chi connectivity index (χ4v) is 0.792. The summed E-state index contributed by atoms with van der Waals surface area (Å²) in [5.74, 6) is 0. The Morgan fingerprint density at radius 2 is 1.71 bits per heavy atom. The van der Waals surface area contributed by atoms with Gasteiger partial charge in [-0.15, -0.1) is 0 Å². The molecular formula is C5H7O2. The summed E-state index contributed by atoms with van der Waals surface area (Å²) in [4.78, 5) is 0. The Labute approximate surface area is 42.4 Å². The molecule has 0 bridgehead atoms. The van der Waals surface area contributed by atoms with Gasteiger partial charge in [0.2, 0.25) is 0 Å². The van der Waals surface area contributed by atoms with Crippen LogP contribution in [0, 0.1) is 6.42 Å². The van der Waals surface area contributed by atoms with Crippen molar-refractivity contribution in [3.8, 4) is 0 Å². The van der Waals surface area contributed by atoms with Gasteiger partial charge in [0.1, 0.15) is 0 Å². The SMILES string of the molecule is [CH]1C2OCCOC12. The minimum Gasteiger partial charge on any atom is -0.373 e. The van der Waals surface area contributed by atoms with E-state index in [1.54, 1.807) is 0 Å². The van der Waals surface area contributed by atoms with E-state index in [2.05, 4.69) is 6.42 Å². The minimum atomic E-state index is 0.355. The Morgan fingerprint density at radius 3 is 2.14 bits per heavy atom. The molecule has 2 atom stereocenters. The third kappa shape index (κ3) is 0.545. The van der Waals surface area contributed by atoms with Crippen LogP contribution in [0.2, 0.25) is 0 Å². The van der Waals surface area contributed by atoms with Crippen molar-refractivity contribution in [1.29, 1.82) is 0 Å². The molecule has 1 aliphatic carbocycles. The largest absolute Gasteiger partial charge is 0.373 e. The average molecular weight is 99.1 g/mol. The Hall–Kier alpha value is -0.0800. The molecule has 0 aromatic heterocycles. The van der Waals surface area contributed by atoms with E-state index in [-0.39, 0.29) is 0 Å². The molecule has 7 heavy (non-hydrogen) atoms. The Balaban J connectivity index is 1.95. The van der Waals surface area contributed by atoms with Crippen LogP contribution >= 0.6 is 0 Å². The van der Waals surface area contributed by atoms with Crippen molar-refractivity contribution in [2.75, 3.05) is 13.2 Å². The number of rotatable bonds is 0. The highest BCUT2D eigenvalue weighted by molar-refractivity contribution is 5.11. The van der Waals surface area contributed by atoms with Crippen LogP contribution in [0.1, 0.15) is 0 Å². The standard InChI is InChI=1S/C5H7O2/c1-2-7-5-3-4(5)6-1/h3-5H,1-2H2. The van der Waals surface area contributed by atoms with Crippen LogP contribution in [0.25, 0.3) is 0 Å². The summed E-state index contributed by atoms with van der Waals surface area (Å²) in [7, 11) is 0. The van der Waals surface area contributed by atoms with Gasteiger partial charge >= 0.3 is 0 Å². The van der Waals surface area contributed by atoms with Crippen molar-refractivity contribution in [2.45, 2.75) is 12.2 Å². The molecular weight excluding hydrogens is 92.1 g/mol. The molecule has 2 rings (SSSR count). The maximum Gasteiger partial charge on any atom is 0.0900 e. The Kier molecular flexibility index (Phi) is 0.664. The van der Waals surface area contributed by atoms with Crippen molar-refractivity contribution in [3.63, 3.8) is 0 Å². The van der Waals surface area contributed by atoms with Crippen LogP contribution in [-0.2, 0) is 9.47 Å². The lowest BCUT2D eigenvalue weighted by atomic mass is 10.6. The molecule has 2 nitrogen and oxygen atoms in total. The molecule has 2 heteroatoms. The van der Waals surface area contributed by atoms with Gasteiger partial charge in [0, 0.05) is 6.42 Å². The van der Waals surface area contributed by atoms with Gasteiger partial charge < -0.3 is 9.47 Å². The third-order valence-electron chi connectivity index (χ3n) is 1.27. The molecule has 1 heterocycles. The summed E-state index contributed by atoms with van der Waals surface area (Å²) in [5, 5.41) is 0. The predicted molar refractivity (Wildman–Crippen MR) is 23.8 cm³/mol. The van der Waals surface area contributed by atoms with E-state index >= 15 is 0 Å². The van der Waals surface area contributed by atoms with E-state index in [0.29, 0.717) is 12.2 Å². The van der Waals surface area contributed by atoms with Crippen molar-refractivity contribution < 1.29 is 9.47 Å². The van der Waals surface area contributed by atoms with E-state index in [9.17, 15) is 0 Å². The summed E-state index contributed by atoms with van der Waals surface area (Å²) < 4.78 is 10.3. The first kappa shape index (κ1) is 3.87. The lowest BCUT2D eigenvalue weighted by molar-refractivity contribution is -0.0376. The van der Waals surface area contributed by atoms with Crippen LogP contribution in [0.4, 0.5) is 0 Å². The topological polar surface area (TPSA) is 18.5 Å². The Bertz CT molecular complexity index is 72.1. The van der Waals surface area contributed by atoms with Gasteiger partial charge in [-0.3, -0.25) is 0 Å². The normalized spacial score (nSPS) is 48.0. The second kappa shape index (κ2) is 1.20. The molecule has 0 amide bonds. The first-order valence-corrected chi connectivity index (χ1v) is 2.55. The van der Waals surface area contributed by atoms with E-state index in [1.165, 1.54) is 0 Å². The first-order chi connectivity index (χ1) is 3.47. The fraction of sp³-hybridized carbons (Fsp3) is 0.800. The van der Waals surface area contributed by atoms with Crippen molar-refractivity contribution in [3.05, 3.63) is 6.42 Å². The molecule has 0 aromatic carbocycles. The van der Waals surface area contributed by atoms with Gasteiger partial charge in [-0.25, -0.2) is 0 Å². The lowest BCUT2D eigenvalue weighted by Crippen LogP contribution is -2.16. The minimum absolute atomic E-state index is 0.355. The zero-order valence-electron chi connectivity index (χ0n) is 3.96. The highest BCUT2D eigenvalue weighted by Crippen LogP contribution is 2.29. The zero-order chi connectivity index (χ0) is 4.69. The summed E-state index contributed by atoms with van der Waals surface area (Å²) >= 11 is 0. The summed E-state index contributed by atoms with van der Waals surface area (Å²) in [6.07, 6.45) is 2.77. The van der Waals surface area contributed by atoms with Gasteiger partial charge in [0.05, 0.1) is 25.4 Å². The third-order valence-corrected chi connectivity index (χ3v) is 1.27. The molecule has 0 spiro atoms. The van der Waals surface area contributed by atoms with Crippen LogP contribution in [0.5, 0.6) is 0 Å². The number of hydrogen-bond acceptors (Lipinski definition) is 2. The molecule has 1 aliphatic heterocycles. The van der Waals surface area contributed by atoms with Gasteiger partial charge in [0.15, 0.2) is 0 Å². The first-order valence-electron chi connectivity index (χ1n) is 2.55. The van der Waals surface area contributed by atoms with Crippen molar-refractivity contribution in [1.82, 2.24) is 0 Å². The molecule has 2 fully saturated rings. The van der Waals surface area contributed by atoms with Crippen LogP contribution < -0.4 is 0 Å². The highest BCUT2D eigenvalue weighted by atomic mass is 16.6. The maximum atomic E-state index is 5.17. The molecule has 1 saturated carbocycles. The van der Waals surface area contributed by atoms with Crippen LogP contribution in [0.3, 0.4) is 0 Å². The van der Waals surface area contributed by atoms with Crippen molar-refractivity contribution >= 4 is 0 Å². The molecule has 0 aromatic rings. The number of fused-ring (bicyclic) bond motifs is 1. The van der Waals surface area contributed by atoms with Gasteiger partial charge in [-0.1, -0.05) is 0 Å². The fourth-order valence-electron chi connectivity index (χ4n) is 0.792. The number of hydrogen-bond donors (Lipinski definition) is 0. The highest BCUT2D eigenvalue weighted by Gasteiger charge is 2.42. The van der Waals surface area contributed by atoms with E-state index in [0.717, 1.165) is 13.2 Å². The van der Waals surface area contributed by atoms with E-state index in [4.69, 9.17) is 9.47 Å². The van der Waals surface area contributed by atoms with Crippen LogP contribution in [0.15, 0.2) is 0 Å². The molecule has 1 radical (unpaired) electrons. The summed E-state index contributed by atoms with van der Waals surface area (Å²) in [5.41, 5.74) is 0. The monoisotopic (exact) mass is 99.0 g/mol.